The summed E-state index contributed by atoms with van der Waals surface area (Å²) in [5.41, 5.74) is 2.30. The molecule has 0 fully saturated rings. The summed E-state index contributed by atoms with van der Waals surface area (Å²) in [4.78, 5) is 12.8. The maximum Gasteiger partial charge on any atom is 0.257 e. The number of nitrogens with zero attached hydrogens (tertiary/aromatic N) is 5. The zero-order chi connectivity index (χ0) is 24.4. The average Bonchev–Trinajstić information content (AvgIpc) is 3.45. The van der Waals surface area contributed by atoms with Crippen molar-refractivity contribution >= 4 is 23.2 Å². The molecule has 11 heteroatoms. The third-order valence-corrected chi connectivity index (χ3v) is 5.51. The fourth-order valence-corrected chi connectivity index (χ4v) is 3.77. The Labute approximate surface area is 203 Å². The summed E-state index contributed by atoms with van der Waals surface area (Å²) >= 11 is 6.26. The third-order valence-electron chi connectivity index (χ3n) is 5.18. The fourth-order valence-electron chi connectivity index (χ4n) is 3.54. The van der Waals surface area contributed by atoms with E-state index in [0.29, 0.717) is 50.5 Å². The minimum absolute atomic E-state index is 0.146. The molecule has 176 valence electrons. The van der Waals surface area contributed by atoms with Crippen LogP contribution in [0.4, 0.5) is 4.39 Å². The molecule has 2 aromatic carbocycles. The molecule has 35 heavy (non-hydrogen) atoms. The van der Waals surface area contributed by atoms with E-state index in [2.05, 4.69) is 25.8 Å². The van der Waals surface area contributed by atoms with Crippen LogP contribution < -0.4 is 10.1 Å². The predicted octanol–water partition coefficient (Wildman–Crippen LogP) is 4.36. The molecule has 1 amide bonds. The van der Waals surface area contributed by atoms with E-state index in [1.54, 1.807) is 55.5 Å². The van der Waals surface area contributed by atoms with Crippen LogP contribution in [0.5, 0.6) is 5.88 Å². The number of carbonyl (C=O) groups is 1. The van der Waals surface area contributed by atoms with Gasteiger partial charge in [-0.3, -0.25) is 4.79 Å². The van der Waals surface area contributed by atoms with E-state index < -0.39 is 0 Å². The fraction of sp³-hybridized carbons (Fsp3) is 0.125. The molecule has 0 bridgehead atoms. The zero-order valence-electron chi connectivity index (χ0n) is 18.4. The van der Waals surface area contributed by atoms with Crippen molar-refractivity contribution in [3.8, 4) is 28.5 Å². The van der Waals surface area contributed by atoms with Crippen LogP contribution >= 0.6 is 11.6 Å². The van der Waals surface area contributed by atoms with Gasteiger partial charge in [0.05, 0.1) is 11.6 Å². The van der Waals surface area contributed by atoms with Gasteiger partial charge < -0.3 is 14.6 Å². The molecule has 3 aromatic heterocycles. The zero-order valence-corrected chi connectivity index (χ0v) is 19.2. The number of hydrogen-bond donors (Lipinski definition) is 1. The molecule has 0 aliphatic carbocycles. The van der Waals surface area contributed by atoms with E-state index in [9.17, 15) is 9.18 Å². The number of amides is 1. The lowest BCUT2D eigenvalue weighted by molar-refractivity contribution is 0.0945. The summed E-state index contributed by atoms with van der Waals surface area (Å²) in [7, 11) is 0. The Bertz CT molecular complexity index is 1530. The summed E-state index contributed by atoms with van der Waals surface area (Å²) in [6.45, 7) is 2.00. The molecule has 0 saturated heterocycles. The summed E-state index contributed by atoms with van der Waals surface area (Å²) in [5, 5.41) is 19.8. The number of carbonyl (C=O) groups excluding carboxylic acids is 1. The second-order valence-electron chi connectivity index (χ2n) is 7.52. The van der Waals surface area contributed by atoms with E-state index in [1.807, 2.05) is 0 Å². The second kappa shape index (κ2) is 9.51. The first-order valence-corrected chi connectivity index (χ1v) is 11.0. The van der Waals surface area contributed by atoms with Gasteiger partial charge in [-0.25, -0.2) is 4.39 Å². The van der Waals surface area contributed by atoms with Gasteiger partial charge in [-0.05, 0) is 31.2 Å². The minimum atomic E-state index is -0.386. The van der Waals surface area contributed by atoms with E-state index in [4.69, 9.17) is 20.9 Å². The first-order valence-electron chi connectivity index (χ1n) is 10.6. The number of ether oxygens (including phenoxy) is 1. The molecule has 0 saturated carbocycles. The van der Waals surface area contributed by atoms with Gasteiger partial charge in [-0.1, -0.05) is 47.1 Å². The van der Waals surface area contributed by atoms with Gasteiger partial charge >= 0.3 is 0 Å². The number of rotatable bonds is 7. The topological polar surface area (TPSA) is 107 Å². The molecule has 5 aromatic rings. The van der Waals surface area contributed by atoms with Crippen LogP contribution in [0, 0.1) is 12.7 Å². The molecule has 0 aliphatic rings. The molecule has 0 atom stereocenters. The SMILES string of the molecule is Cc1onc(-c2ccccc2Cl)c1C(=O)NCCOc1ccc2nnc(-c3cccc(F)c3)n2n1. The third kappa shape index (κ3) is 4.56. The number of hydrogen-bond acceptors (Lipinski definition) is 7. The van der Waals surface area contributed by atoms with Gasteiger partial charge in [0.15, 0.2) is 11.5 Å². The summed E-state index contributed by atoms with van der Waals surface area (Å²) in [6.07, 6.45) is 0. The first-order chi connectivity index (χ1) is 17.0. The number of fused-ring (bicyclic) bond motifs is 1. The summed E-state index contributed by atoms with van der Waals surface area (Å²) in [5.74, 6) is 0.305. The maximum absolute atomic E-state index is 13.6. The monoisotopic (exact) mass is 492 g/mol. The first kappa shape index (κ1) is 22.5. The van der Waals surface area contributed by atoms with Crippen LogP contribution in [0.25, 0.3) is 28.3 Å². The second-order valence-corrected chi connectivity index (χ2v) is 7.93. The minimum Gasteiger partial charge on any atom is -0.475 e. The highest BCUT2D eigenvalue weighted by molar-refractivity contribution is 6.33. The molecular weight excluding hydrogens is 475 g/mol. The van der Waals surface area contributed by atoms with Crippen LogP contribution in [-0.2, 0) is 0 Å². The predicted molar refractivity (Wildman–Crippen MR) is 126 cm³/mol. The van der Waals surface area contributed by atoms with Gasteiger partial charge in [-0.2, -0.15) is 4.52 Å². The number of benzene rings is 2. The van der Waals surface area contributed by atoms with E-state index in [1.165, 1.54) is 16.6 Å². The van der Waals surface area contributed by atoms with E-state index >= 15 is 0 Å². The van der Waals surface area contributed by atoms with Crippen LogP contribution in [0.3, 0.4) is 0 Å². The highest BCUT2D eigenvalue weighted by atomic mass is 35.5. The van der Waals surface area contributed by atoms with Gasteiger partial charge in [0.25, 0.3) is 5.91 Å². The van der Waals surface area contributed by atoms with E-state index in [0.717, 1.165) is 0 Å². The molecule has 0 radical (unpaired) electrons. The number of aryl methyl sites for hydroxylation is 1. The molecule has 0 aliphatic heterocycles. The van der Waals surface area contributed by atoms with E-state index in [-0.39, 0.29) is 24.9 Å². The quantitative estimate of drug-likeness (QED) is 0.336. The Morgan fingerprint density at radius 2 is 2.00 bits per heavy atom. The Morgan fingerprint density at radius 1 is 1.14 bits per heavy atom. The van der Waals surface area contributed by atoms with Crippen molar-refractivity contribution in [1.29, 1.82) is 0 Å². The Kier molecular flexibility index (Phi) is 6.11. The molecule has 1 N–H and O–H groups in total. The van der Waals surface area contributed by atoms with Crippen molar-refractivity contribution in [2.45, 2.75) is 6.92 Å². The van der Waals surface area contributed by atoms with Crippen molar-refractivity contribution in [1.82, 2.24) is 30.3 Å². The lowest BCUT2D eigenvalue weighted by Crippen LogP contribution is -2.28. The van der Waals surface area contributed by atoms with Crippen molar-refractivity contribution in [3.05, 3.63) is 82.8 Å². The van der Waals surface area contributed by atoms with Gasteiger partial charge in [0, 0.05) is 17.2 Å². The normalized spacial score (nSPS) is 11.1. The lowest BCUT2D eigenvalue weighted by atomic mass is 10.1. The van der Waals surface area contributed by atoms with Crippen LogP contribution in [-0.4, -0.2) is 44.0 Å². The van der Waals surface area contributed by atoms with Crippen molar-refractivity contribution in [3.63, 3.8) is 0 Å². The summed E-state index contributed by atoms with van der Waals surface area (Å²) < 4.78 is 26.0. The summed E-state index contributed by atoms with van der Waals surface area (Å²) in [6, 6.07) is 16.4. The maximum atomic E-state index is 13.6. The number of nitrogens with one attached hydrogen (secondary N) is 1. The molecule has 3 heterocycles. The highest BCUT2D eigenvalue weighted by Crippen LogP contribution is 2.30. The molecule has 0 spiro atoms. The Hall–Kier alpha value is -4.31. The molecule has 0 unspecified atom stereocenters. The van der Waals surface area contributed by atoms with Crippen LogP contribution in [0.15, 0.2) is 65.2 Å². The van der Waals surface area contributed by atoms with Crippen molar-refractivity contribution < 1.29 is 18.4 Å². The van der Waals surface area contributed by atoms with Gasteiger partial charge in [-0.15, -0.1) is 15.3 Å². The molecular formula is C24H18ClFN6O3. The Balaban J connectivity index is 1.26. The number of halogens is 2. The van der Waals surface area contributed by atoms with Gasteiger partial charge in [0.2, 0.25) is 5.88 Å². The van der Waals surface area contributed by atoms with Crippen LogP contribution in [0.2, 0.25) is 5.02 Å². The van der Waals surface area contributed by atoms with Crippen molar-refractivity contribution in [2.24, 2.45) is 0 Å². The largest absolute Gasteiger partial charge is 0.475 e. The van der Waals surface area contributed by atoms with Gasteiger partial charge in [0.1, 0.15) is 29.4 Å². The standard InChI is InChI=1S/C24H18ClFN6O3/c1-14-21(22(31-35-14)17-7-2-3-8-18(17)25)24(33)27-11-12-34-20-10-9-19-28-29-23(32(19)30-20)15-5-4-6-16(26)13-15/h2-10,13H,11-12H2,1H3,(H,27,33). The highest BCUT2D eigenvalue weighted by Gasteiger charge is 2.22. The van der Waals surface area contributed by atoms with Crippen LogP contribution in [0.1, 0.15) is 16.1 Å². The number of aromatic nitrogens is 5. The Morgan fingerprint density at radius 3 is 2.83 bits per heavy atom. The molecule has 5 rings (SSSR count). The average molecular weight is 493 g/mol. The lowest BCUT2D eigenvalue weighted by Gasteiger charge is -2.08. The van der Waals surface area contributed by atoms with Crippen molar-refractivity contribution in [2.75, 3.05) is 13.2 Å². The molecule has 9 nitrogen and oxygen atoms in total. The smallest absolute Gasteiger partial charge is 0.257 e.